The molecule has 2 aromatic carbocycles. The number of ether oxygens (including phenoxy) is 2. The van der Waals surface area contributed by atoms with Crippen molar-refractivity contribution in [2.24, 2.45) is 0 Å². The molecule has 0 aromatic heterocycles. The highest BCUT2D eigenvalue weighted by Crippen LogP contribution is 2.37. The lowest BCUT2D eigenvalue weighted by Crippen LogP contribution is -2.19. The van der Waals surface area contributed by atoms with Crippen molar-refractivity contribution in [1.29, 1.82) is 0 Å². The second-order valence-corrected chi connectivity index (χ2v) is 6.95. The van der Waals surface area contributed by atoms with Crippen LogP contribution >= 0.6 is 52.3 Å². The molecule has 0 unspecified atom stereocenters. The molecule has 0 atom stereocenters. The molecule has 4 nitrogen and oxygen atoms in total. The summed E-state index contributed by atoms with van der Waals surface area (Å²) in [7, 11) is 3.62. The summed E-state index contributed by atoms with van der Waals surface area (Å²) >= 11 is 9.50. The van der Waals surface area contributed by atoms with E-state index in [1.54, 1.807) is 7.11 Å². The Labute approximate surface area is 187 Å². The van der Waals surface area contributed by atoms with Crippen molar-refractivity contribution < 1.29 is 9.47 Å². The molecule has 27 heavy (non-hydrogen) atoms. The van der Waals surface area contributed by atoms with Crippen LogP contribution in [0.4, 0.5) is 0 Å². The SMILES string of the molecule is CNCCCNCc1cc(Br)c(OCc2ccc(Cl)cc2)c(OC)c1.Cl.Cl. The summed E-state index contributed by atoms with van der Waals surface area (Å²) in [5.41, 5.74) is 2.20. The van der Waals surface area contributed by atoms with Crippen molar-refractivity contribution in [3.63, 3.8) is 0 Å². The maximum atomic E-state index is 5.95. The summed E-state index contributed by atoms with van der Waals surface area (Å²) in [5.74, 6) is 1.42. The molecule has 8 heteroatoms. The third kappa shape index (κ3) is 8.90. The fourth-order valence-corrected chi connectivity index (χ4v) is 3.10. The van der Waals surface area contributed by atoms with E-state index in [4.69, 9.17) is 21.1 Å². The van der Waals surface area contributed by atoms with Crippen LogP contribution < -0.4 is 20.1 Å². The van der Waals surface area contributed by atoms with Crippen LogP contribution in [0.5, 0.6) is 11.5 Å². The number of halogens is 4. The van der Waals surface area contributed by atoms with E-state index in [0.29, 0.717) is 17.4 Å². The van der Waals surface area contributed by atoms with Crippen molar-refractivity contribution in [3.8, 4) is 11.5 Å². The van der Waals surface area contributed by atoms with Crippen LogP contribution in [0.2, 0.25) is 5.02 Å². The normalized spacial score (nSPS) is 9.93. The lowest BCUT2D eigenvalue weighted by molar-refractivity contribution is 0.282. The second-order valence-electron chi connectivity index (χ2n) is 5.66. The third-order valence-corrected chi connectivity index (χ3v) is 4.54. The monoisotopic (exact) mass is 498 g/mol. The maximum Gasteiger partial charge on any atom is 0.175 e. The Morgan fingerprint density at radius 2 is 1.74 bits per heavy atom. The van der Waals surface area contributed by atoms with Gasteiger partial charge in [-0.15, -0.1) is 24.8 Å². The fourth-order valence-electron chi connectivity index (χ4n) is 2.37. The largest absolute Gasteiger partial charge is 0.493 e. The molecular weight excluding hydrogens is 474 g/mol. The summed E-state index contributed by atoms with van der Waals surface area (Å²) in [6.45, 7) is 3.22. The highest BCUT2D eigenvalue weighted by atomic mass is 79.9. The highest BCUT2D eigenvalue weighted by Gasteiger charge is 2.12. The van der Waals surface area contributed by atoms with Crippen LogP contribution in [0.25, 0.3) is 0 Å². The van der Waals surface area contributed by atoms with E-state index >= 15 is 0 Å². The van der Waals surface area contributed by atoms with Crippen LogP contribution in [-0.2, 0) is 13.2 Å². The van der Waals surface area contributed by atoms with Crippen molar-refractivity contribution in [1.82, 2.24) is 10.6 Å². The molecular formula is C19H26BrCl3N2O2. The van der Waals surface area contributed by atoms with Crippen LogP contribution in [0.3, 0.4) is 0 Å². The highest BCUT2D eigenvalue weighted by molar-refractivity contribution is 9.10. The van der Waals surface area contributed by atoms with Crippen molar-refractivity contribution >= 4 is 52.3 Å². The molecule has 0 fully saturated rings. The standard InChI is InChI=1S/C19H24BrClN2O2.2ClH/c1-22-8-3-9-23-12-15-10-17(20)19(18(11-15)24-2)25-13-14-4-6-16(21)7-5-14;;/h4-7,10-11,22-23H,3,8-9,12-13H2,1-2H3;2*1H. The summed E-state index contributed by atoms with van der Waals surface area (Å²) in [6.07, 6.45) is 1.09. The molecule has 0 amide bonds. The molecule has 0 bridgehead atoms. The zero-order valence-corrected chi connectivity index (χ0v) is 19.4. The first kappa shape index (κ1) is 26.3. The van der Waals surface area contributed by atoms with Crippen molar-refractivity contribution in [2.45, 2.75) is 19.6 Å². The molecule has 0 saturated heterocycles. The van der Waals surface area contributed by atoms with Gasteiger partial charge in [0.05, 0.1) is 11.6 Å². The van der Waals surface area contributed by atoms with Gasteiger partial charge in [0.15, 0.2) is 11.5 Å². The average Bonchev–Trinajstić information content (AvgIpc) is 2.61. The summed E-state index contributed by atoms with van der Waals surface area (Å²) in [5, 5.41) is 7.29. The maximum absolute atomic E-state index is 5.95. The molecule has 2 aromatic rings. The molecule has 0 saturated carbocycles. The first-order valence-corrected chi connectivity index (χ1v) is 9.40. The molecule has 0 heterocycles. The lowest BCUT2D eigenvalue weighted by atomic mass is 10.2. The number of hydrogen-bond donors (Lipinski definition) is 2. The number of methoxy groups -OCH3 is 1. The molecule has 2 N–H and O–H groups in total. The summed E-state index contributed by atoms with van der Waals surface area (Å²) < 4.78 is 12.3. The average molecular weight is 501 g/mol. The Kier molecular flexibility index (Phi) is 14.0. The number of nitrogens with one attached hydrogen (secondary N) is 2. The molecule has 0 aliphatic heterocycles. The molecule has 0 aliphatic carbocycles. The molecule has 0 aliphatic rings. The van der Waals surface area contributed by atoms with Gasteiger partial charge < -0.3 is 20.1 Å². The van der Waals surface area contributed by atoms with E-state index in [-0.39, 0.29) is 24.8 Å². The minimum absolute atomic E-state index is 0. The summed E-state index contributed by atoms with van der Waals surface area (Å²) in [4.78, 5) is 0. The van der Waals surface area contributed by atoms with Gasteiger partial charge in [-0.2, -0.15) is 0 Å². The predicted molar refractivity (Wildman–Crippen MR) is 121 cm³/mol. The predicted octanol–water partition coefficient (Wildman–Crippen LogP) is 5.23. The van der Waals surface area contributed by atoms with Crippen LogP contribution in [0, 0.1) is 0 Å². The Morgan fingerprint density at radius 3 is 2.37 bits per heavy atom. The van der Waals surface area contributed by atoms with E-state index in [2.05, 4.69) is 32.6 Å². The quantitative estimate of drug-likeness (QED) is 0.438. The van der Waals surface area contributed by atoms with Crippen molar-refractivity contribution in [3.05, 3.63) is 57.0 Å². The van der Waals surface area contributed by atoms with Gasteiger partial charge in [0.25, 0.3) is 0 Å². The Morgan fingerprint density at radius 1 is 1.04 bits per heavy atom. The van der Waals surface area contributed by atoms with Gasteiger partial charge in [-0.1, -0.05) is 23.7 Å². The Balaban J connectivity index is 0.00000338. The van der Waals surface area contributed by atoms with E-state index in [9.17, 15) is 0 Å². The smallest absolute Gasteiger partial charge is 0.175 e. The van der Waals surface area contributed by atoms with E-state index in [1.807, 2.05) is 37.4 Å². The van der Waals surface area contributed by atoms with Gasteiger partial charge in [0.2, 0.25) is 0 Å². The molecule has 152 valence electrons. The topological polar surface area (TPSA) is 42.5 Å². The second kappa shape index (κ2) is 14.3. The summed E-state index contributed by atoms with van der Waals surface area (Å²) in [6, 6.07) is 11.7. The first-order valence-electron chi connectivity index (χ1n) is 8.23. The van der Waals surface area contributed by atoms with Gasteiger partial charge in [-0.3, -0.25) is 0 Å². The zero-order valence-electron chi connectivity index (χ0n) is 15.4. The van der Waals surface area contributed by atoms with Gasteiger partial charge in [-0.25, -0.2) is 0 Å². The minimum Gasteiger partial charge on any atom is -0.493 e. The first-order chi connectivity index (χ1) is 12.1. The third-order valence-electron chi connectivity index (χ3n) is 3.70. The number of benzene rings is 2. The van der Waals surface area contributed by atoms with Crippen molar-refractivity contribution in [2.75, 3.05) is 27.2 Å². The van der Waals surface area contributed by atoms with Gasteiger partial charge in [0.1, 0.15) is 6.61 Å². The van der Waals surface area contributed by atoms with Gasteiger partial charge >= 0.3 is 0 Å². The Hall–Kier alpha value is -0.690. The van der Waals surface area contributed by atoms with Gasteiger partial charge in [-0.05, 0) is 77.9 Å². The lowest BCUT2D eigenvalue weighted by Gasteiger charge is -2.15. The van der Waals surface area contributed by atoms with Crippen LogP contribution in [0.1, 0.15) is 17.5 Å². The fraction of sp³-hybridized carbons (Fsp3) is 0.368. The molecule has 0 spiro atoms. The zero-order chi connectivity index (χ0) is 18.1. The van der Waals surface area contributed by atoms with Gasteiger partial charge in [0, 0.05) is 11.6 Å². The minimum atomic E-state index is 0. The number of rotatable bonds is 10. The van der Waals surface area contributed by atoms with Crippen LogP contribution in [0.15, 0.2) is 40.9 Å². The Bertz CT molecular complexity index is 673. The van der Waals surface area contributed by atoms with Crippen LogP contribution in [-0.4, -0.2) is 27.2 Å². The van der Waals surface area contributed by atoms with E-state index in [0.717, 1.165) is 47.4 Å². The van der Waals surface area contributed by atoms with E-state index in [1.165, 1.54) is 0 Å². The molecule has 0 radical (unpaired) electrons. The molecule has 2 rings (SSSR count). The van der Waals surface area contributed by atoms with E-state index < -0.39 is 0 Å². The number of hydrogen-bond acceptors (Lipinski definition) is 4.